The van der Waals surface area contributed by atoms with Crippen molar-refractivity contribution in [1.29, 1.82) is 0 Å². The van der Waals surface area contributed by atoms with Crippen LogP contribution in [0.4, 0.5) is 0 Å². The molecule has 0 saturated carbocycles. The zero-order valence-corrected chi connectivity index (χ0v) is 18.9. The number of benzene rings is 2. The van der Waals surface area contributed by atoms with Gasteiger partial charge in [-0.2, -0.15) is 4.31 Å². The van der Waals surface area contributed by atoms with Gasteiger partial charge in [-0.05, 0) is 54.8 Å². The van der Waals surface area contributed by atoms with Crippen molar-refractivity contribution >= 4 is 21.8 Å². The summed E-state index contributed by atoms with van der Waals surface area (Å²) in [5.74, 6) is 0.171. The lowest BCUT2D eigenvalue weighted by Crippen LogP contribution is -2.46. The van der Waals surface area contributed by atoms with Crippen molar-refractivity contribution in [3.63, 3.8) is 0 Å². The first-order chi connectivity index (χ1) is 15.9. The van der Waals surface area contributed by atoms with Gasteiger partial charge < -0.3 is 24.8 Å². The third-order valence-electron chi connectivity index (χ3n) is 5.58. The molecule has 11 heteroatoms. The molecule has 2 amide bonds. The summed E-state index contributed by atoms with van der Waals surface area (Å²) in [7, 11) is -2.22. The van der Waals surface area contributed by atoms with Crippen LogP contribution in [0.3, 0.4) is 0 Å². The fourth-order valence-corrected chi connectivity index (χ4v) is 5.51. The number of amides is 2. The number of carbonyl (C=O) groups excluding carboxylic acids is 2. The maximum atomic E-state index is 13.0. The third-order valence-corrected chi connectivity index (χ3v) is 7.55. The standard InChI is InChI=1S/C22H25N3O7S/c1-30-17-5-7-18(8-6-17)33(28,29)25-10-2-3-16(25)13-24-22(27)21(26)23-12-15-4-9-19-20(11-15)32-14-31-19/h4-9,11,16H,2-3,10,12-14H2,1H3,(H,23,26)(H,24,27)/t16-/m1/s1. The Morgan fingerprint density at radius 2 is 1.79 bits per heavy atom. The summed E-state index contributed by atoms with van der Waals surface area (Å²) in [6, 6.07) is 11.0. The summed E-state index contributed by atoms with van der Waals surface area (Å²) in [5.41, 5.74) is 0.757. The fourth-order valence-electron chi connectivity index (χ4n) is 3.82. The summed E-state index contributed by atoms with van der Waals surface area (Å²) in [4.78, 5) is 24.6. The predicted octanol–water partition coefficient (Wildman–Crippen LogP) is 1.01. The number of fused-ring (bicyclic) bond motifs is 1. The van der Waals surface area contributed by atoms with Gasteiger partial charge in [0.05, 0.1) is 12.0 Å². The van der Waals surface area contributed by atoms with E-state index in [9.17, 15) is 18.0 Å². The number of sulfonamides is 1. The molecule has 0 aliphatic carbocycles. The fraction of sp³-hybridized carbons (Fsp3) is 0.364. The smallest absolute Gasteiger partial charge is 0.309 e. The molecule has 176 valence electrons. The highest BCUT2D eigenvalue weighted by atomic mass is 32.2. The minimum absolute atomic E-state index is 0.0473. The van der Waals surface area contributed by atoms with Crippen LogP contribution in [-0.4, -0.2) is 57.6 Å². The highest BCUT2D eigenvalue weighted by Crippen LogP contribution is 2.32. The Hall–Kier alpha value is -3.31. The largest absolute Gasteiger partial charge is 0.497 e. The molecule has 2 aromatic rings. The van der Waals surface area contributed by atoms with Crippen LogP contribution in [0.1, 0.15) is 18.4 Å². The lowest BCUT2D eigenvalue weighted by molar-refractivity contribution is -0.139. The number of nitrogens with zero attached hydrogens (tertiary/aromatic N) is 1. The van der Waals surface area contributed by atoms with Crippen LogP contribution in [0, 0.1) is 0 Å². The van der Waals surface area contributed by atoms with Gasteiger partial charge in [-0.1, -0.05) is 6.07 Å². The Labute approximate surface area is 191 Å². The van der Waals surface area contributed by atoms with Crippen molar-refractivity contribution in [2.24, 2.45) is 0 Å². The Kier molecular flexibility index (Phi) is 6.70. The molecule has 4 rings (SSSR count). The molecule has 0 aromatic heterocycles. The maximum absolute atomic E-state index is 13.0. The second-order valence-corrected chi connectivity index (χ2v) is 9.56. The van der Waals surface area contributed by atoms with Crippen LogP contribution in [-0.2, 0) is 26.2 Å². The first kappa shape index (κ1) is 22.9. The summed E-state index contributed by atoms with van der Waals surface area (Å²) in [6.07, 6.45) is 1.26. The van der Waals surface area contributed by atoms with Crippen LogP contribution in [0.5, 0.6) is 17.2 Å². The molecule has 10 nitrogen and oxygen atoms in total. The van der Waals surface area contributed by atoms with Gasteiger partial charge in [0.15, 0.2) is 11.5 Å². The molecule has 0 radical (unpaired) electrons. The molecule has 2 N–H and O–H groups in total. The van der Waals surface area contributed by atoms with E-state index >= 15 is 0 Å². The third kappa shape index (κ3) is 5.04. The van der Waals surface area contributed by atoms with E-state index in [1.165, 1.54) is 23.5 Å². The van der Waals surface area contributed by atoms with Crippen LogP contribution < -0.4 is 24.8 Å². The van der Waals surface area contributed by atoms with E-state index in [0.717, 1.165) is 5.56 Å². The SMILES string of the molecule is COc1ccc(S(=O)(=O)N2CCC[C@@H]2CNC(=O)C(=O)NCc2ccc3c(c2)OCO3)cc1. The van der Waals surface area contributed by atoms with Crippen LogP contribution in [0.25, 0.3) is 0 Å². The molecule has 2 heterocycles. The highest BCUT2D eigenvalue weighted by molar-refractivity contribution is 7.89. The van der Waals surface area contributed by atoms with Crippen LogP contribution in [0.15, 0.2) is 47.4 Å². The minimum atomic E-state index is -3.73. The Morgan fingerprint density at radius 1 is 1.06 bits per heavy atom. The Bertz CT molecular complexity index is 1140. The molecular formula is C22H25N3O7S. The van der Waals surface area contributed by atoms with Gasteiger partial charge in [0.25, 0.3) is 0 Å². The van der Waals surface area contributed by atoms with E-state index in [-0.39, 0.29) is 24.8 Å². The molecule has 33 heavy (non-hydrogen) atoms. The van der Waals surface area contributed by atoms with E-state index in [2.05, 4.69) is 10.6 Å². The second-order valence-electron chi connectivity index (χ2n) is 7.67. The zero-order chi connectivity index (χ0) is 23.4. The summed E-state index contributed by atoms with van der Waals surface area (Å²) < 4.78 is 43.1. The first-order valence-electron chi connectivity index (χ1n) is 10.5. The number of rotatable bonds is 7. The topological polar surface area (TPSA) is 123 Å². The van der Waals surface area contributed by atoms with Crippen molar-refractivity contribution in [3.05, 3.63) is 48.0 Å². The number of methoxy groups -OCH3 is 1. The van der Waals surface area contributed by atoms with Gasteiger partial charge >= 0.3 is 11.8 Å². The summed E-state index contributed by atoms with van der Waals surface area (Å²) >= 11 is 0. The highest BCUT2D eigenvalue weighted by Gasteiger charge is 2.35. The van der Waals surface area contributed by atoms with E-state index in [1.807, 2.05) is 0 Å². The average Bonchev–Trinajstić information content (AvgIpc) is 3.50. The molecule has 0 spiro atoms. The van der Waals surface area contributed by atoms with Crippen molar-refractivity contribution in [1.82, 2.24) is 14.9 Å². The monoisotopic (exact) mass is 475 g/mol. The van der Waals surface area contributed by atoms with Crippen molar-refractivity contribution in [2.45, 2.75) is 30.3 Å². The number of ether oxygens (including phenoxy) is 3. The van der Waals surface area contributed by atoms with E-state index in [1.54, 1.807) is 30.3 Å². The van der Waals surface area contributed by atoms with Crippen molar-refractivity contribution in [2.75, 3.05) is 27.0 Å². The summed E-state index contributed by atoms with van der Waals surface area (Å²) in [6.45, 7) is 0.696. The van der Waals surface area contributed by atoms with Gasteiger partial charge in [0.2, 0.25) is 16.8 Å². The van der Waals surface area contributed by atoms with E-state index < -0.39 is 27.9 Å². The van der Waals surface area contributed by atoms with Crippen molar-refractivity contribution < 1.29 is 32.2 Å². The second kappa shape index (κ2) is 9.67. The number of hydrogen-bond acceptors (Lipinski definition) is 7. The van der Waals surface area contributed by atoms with Crippen LogP contribution in [0.2, 0.25) is 0 Å². The van der Waals surface area contributed by atoms with E-state index in [4.69, 9.17) is 14.2 Å². The zero-order valence-electron chi connectivity index (χ0n) is 18.1. The lowest BCUT2D eigenvalue weighted by Gasteiger charge is -2.24. The molecular weight excluding hydrogens is 450 g/mol. The molecule has 1 atom stereocenters. The number of nitrogens with one attached hydrogen (secondary N) is 2. The summed E-state index contributed by atoms with van der Waals surface area (Å²) in [5, 5.41) is 5.10. The first-order valence-corrected chi connectivity index (χ1v) is 11.9. The molecule has 1 fully saturated rings. The van der Waals surface area contributed by atoms with E-state index in [0.29, 0.717) is 36.6 Å². The number of hydrogen-bond donors (Lipinski definition) is 2. The predicted molar refractivity (Wildman–Crippen MR) is 117 cm³/mol. The number of carbonyl (C=O) groups is 2. The molecule has 0 unspecified atom stereocenters. The normalized spacial score (nSPS) is 17.5. The van der Waals surface area contributed by atoms with Gasteiger partial charge in [0.1, 0.15) is 5.75 Å². The maximum Gasteiger partial charge on any atom is 0.309 e. The molecule has 1 saturated heterocycles. The molecule has 2 aliphatic rings. The minimum Gasteiger partial charge on any atom is -0.497 e. The quantitative estimate of drug-likeness (QED) is 0.573. The van der Waals surface area contributed by atoms with Gasteiger partial charge in [-0.3, -0.25) is 9.59 Å². The molecule has 2 aromatic carbocycles. The Balaban J connectivity index is 1.30. The van der Waals surface area contributed by atoms with Gasteiger partial charge in [0, 0.05) is 25.7 Å². The Morgan fingerprint density at radius 3 is 2.55 bits per heavy atom. The average molecular weight is 476 g/mol. The van der Waals surface area contributed by atoms with Crippen molar-refractivity contribution in [3.8, 4) is 17.2 Å². The molecule has 0 bridgehead atoms. The van der Waals surface area contributed by atoms with Gasteiger partial charge in [-0.15, -0.1) is 0 Å². The molecule has 2 aliphatic heterocycles. The lowest BCUT2D eigenvalue weighted by atomic mass is 10.2. The van der Waals surface area contributed by atoms with Gasteiger partial charge in [-0.25, -0.2) is 8.42 Å². The van der Waals surface area contributed by atoms with Crippen LogP contribution >= 0.6 is 0 Å².